The quantitative estimate of drug-likeness (QED) is 0.486. The summed E-state index contributed by atoms with van der Waals surface area (Å²) in [5, 5.41) is 9.42. The summed E-state index contributed by atoms with van der Waals surface area (Å²) in [6.45, 7) is 0.733. The van der Waals surface area contributed by atoms with Crippen LogP contribution in [0.2, 0.25) is 0 Å². The number of rotatable bonds is 6. The maximum absolute atomic E-state index is 11.5. The molecule has 4 aromatic rings. The van der Waals surface area contributed by atoms with Crippen LogP contribution in [-0.2, 0) is 12.3 Å². The highest BCUT2D eigenvalue weighted by molar-refractivity contribution is 7.97. The van der Waals surface area contributed by atoms with E-state index in [9.17, 15) is 9.90 Å². The van der Waals surface area contributed by atoms with Crippen molar-refractivity contribution in [3.05, 3.63) is 89.7 Å². The van der Waals surface area contributed by atoms with Crippen molar-refractivity contribution in [2.75, 3.05) is 6.26 Å². The molecule has 5 heteroatoms. The van der Waals surface area contributed by atoms with Gasteiger partial charge in [-0.2, -0.15) is 11.8 Å². The second-order valence-electron chi connectivity index (χ2n) is 6.58. The van der Waals surface area contributed by atoms with Crippen LogP contribution in [0.3, 0.4) is 0 Å². The molecule has 0 unspecified atom stereocenters. The second-order valence-corrected chi connectivity index (χ2v) is 7.45. The van der Waals surface area contributed by atoms with Crippen molar-refractivity contribution in [3.63, 3.8) is 0 Å². The van der Waals surface area contributed by atoms with Gasteiger partial charge in [0, 0.05) is 6.54 Å². The van der Waals surface area contributed by atoms with E-state index < -0.39 is 5.97 Å². The van der Waals surface area contributed by atoms with Gasteiger partial charge in [-0.1, -0.05) is 54.6 Å². The van der Waals surface area contributed by atoms with Crippen molar-refractivity contribution in [2.45, 2.75) is 12.3 Å². The zero-order valence-electron chi connectivity index (χ0n) is 15.5. The molecule has 0 saturated carbocycles. The number of carboxylic acids is 1. The minimum Gasteiger partial charge on any atom is -0.478 e. The van der Waals surface area contributed by atoms with Gasteiger partial charge in [-0.05, 0) is 41.1 Å². The Morgan fingerprint density at radius 2 is 1.71 bits per heavy atom. The van der Waals surface area contributed by atoms with Crippen LogP contribution in [0, 0.1) is 0 Å². The first-order chi connectivity index (χ1) is 13.7. The fourth-order valence-corrected chi connectivity index (χ4v) is 3.91. The van der Waals surface area contributed by atoms with Gasteiger partial charge in [0.15, 0.2) is 0 Å². The number of aromatic carboxylic acids is 1. The SMILES string of the molecule is CSCc1nc2ccccc2n1Cc1ccc(-c2ccccc2C(=O)O)cc1. The van der Waals surface area contributed by atoms with Crippen molar-refractivity contribution in [1.82, 2.24) is 9.55 Å². The first-order valence-electron chi connectivity index (χ1n) is 9.02. The molecule has 0 atom stereocenters. The average molecular weight is 388 g/mol. The van der Waals surface area contributed by atoms with E-state index in [4.69, 9.17) is 4.98 Å². The number of carboxylic acid groups (broad SMARTS) is 1. The molecular formula is C23H20N2O2S. The van der Waals surface area contributed by atoms with Gasteiger partial charge in [0.1, 0.15) is 5.82 Å². The molecule has 140 valence electrons. The molecule has 0 saturated heterocycles. The van der Waals surface area contributed by atoms with Crippen LogP contribution in [0.1, 0.15) is 21.7 Å². The maximum atomic E-state index is 11.5. The van der Waals surface area contributed by atoms with E-state index in [0.29, 0.717) is 5.56 Å². The number of hydrogen-bond donors (Lipinski definition) is 1. The van der Waals surface area contributed by atoms with Crippen molar-refractivity contribution in [1.29, 1.82) is 0 Å². The second kappa shape index (κ2) is 7.90. The Balaban J connectivity index is 1.67. The Labute approximate surface area is 167 Å². The van der Waals surface area contributed by atoms with E-state index in [1.807, 2.05) is 42.5 Å². The maximum Gasteiger partial charge on any atom is 0.336 e. The Kier molecular flexibility index (Phi) is 5.17. The van der Waals surface area contributed by atoms with Crippen molar-refractivity contribution in [3.8, 4) is 11.1 Å². The summed E-state index contributed by atoms with van der Waals surface area (Å²) in [6, 6.07) is 23.4. The van der Waals surface area contributed by atoms with Crippen molar-refractivity contribution in [2.24, 2.45) is 0 Å². The lowest BCUT2D eigenvalue weighted by molar-refractivity contribution is 0.0697. The Morgan fingerprint density at radius 1 is 1.00 bits per heavy atom. The number of aromatic nitrogens is 2. The molecule has 0 bridgehead atoms. The smallest absolute Gasteiger partial charge is 0.336 e. The van der Waals surface area contributed by atoms with Crippen molar-refractivity contribution >= 4 is 28.8 Å². The molecule has 4 nitrogen and oxygen atoms in total. The molecule has 1 N–H and O–H groups in total. The number of benzene rings is 3. The summed E-state index contributed by atoms with van der Waals surface area (Å²) >= 11 is 1.76. The van der Waals surface area contributed by atoms with Crippen LogP contribution in [0.25, 0.3) is 22.2 Å². The predicted octanol–water partition coefficient (Wildman–Crippen LogP) is 5.31. The van der Waals surface area contributed by atoms with E-state index in [0.717, 1.165) is 45.8 Å². The van der Waals surface area contributed by atoms with Gasteiger partial charge in [0.05, 0.1) is 22.3 Å². The molecule has 0 aliphatic carbocycles. The molecule has 1 heterocycles. The number of imidazole rings is 1. The highest BCUT2D eigenvalue weighted by Gasteiger charge is 2.12. The minimum absolute atomic E-state index is 0.318. The van der Waals surface area contributed by atoms with Crippen LogP contribution >= 0.6 is 11.8 Å². The average Bonchev–Trinajstić information content (AvgIpc) is 3.06. The van der Waals surface area contributed by atoms with Gasteiger partial charge >= 0.3 is 5.97 Å². The fraction of sp³-hybridized carbons (Fsp3) is 0.130. The third-order valence-corrected chi connectivity index (χ3v) is 5.32. The summed E-state index contributed by atoms with van der Waals surface area (Å²) < 4.78 is 2.26. The molecule has 0 aliphatic rings. The molecular weight excluding hydrogens is 368 g/mol. The molecule has 4 rings (SSSR count). The Hall–Kier alpha value is -3.05. The summed E-state index contributed by atoms with van der Waals surface area (Å²) in [6.07, 6.45) is 2.08. The third kappa shape index (κ3) is 3.53. The molecule has 0 aliphatic heterocycles. The van der Waals surface area contributed by atoms with Crippen LogP contribution in [0.4, 0.5) is 0 Å². The van der Waals surface area contributed by atoms with Gasteiger partial charge in [0.25, 0.3) is 0 Å². The van der Waals surface area contributed by atoms with E-state index in [1.54, 1.807) is 23.9 Å². The first kappa shape index (κ1) is 18.3. The lowest BCUT2D eigenvalue weighted by Crippen LogP contribution is -2.04. The van der Waals surface area contributed by atoms with Crippen molar-refractivity contribution < 1.29 is 9.90 Å². The van der Waals surface area contributed by atoms with Crippen LogP contribution in [-0.4, -0.2) is 26.9 Å². The van der Waals surface area contributed by atoms with E-state index in [1.165, 1.54) is 0 Å². The van der Waals surface area contributed by atoms with Crippen LogP contribution < -0.4 is 0 Å². The lowest BCUT2D eigenvalue weighted by atomic mass is 9.99. The zero-order chi connectivity index (χ0) is 19.5. The largest absolute Gasteiger partial charge is 0.478 e. The predicted molar refractivity (Wildman–Crippen MR) is 115 cm³/mol. The van der Waals surface area contributed by atoms with Crippen LogP contribution in [0.15, 0.2) is 72.8 Å². The van der Waals surface area contributed by atoms with E-state index in [-0.39, 0.29) is 0 Å². The molecule has 28 heavy (non-hydrogen) atoms. The highest BCUT2D eigenvalue weighted by Crippen LogP contribution is 2.25. The summed E-state index contributed by atoms with van der Waals surface area (Å²) in [5.41, 5.74) is 5.25. The number of fused-ring (bicyclic) bond motifs is 1. The number of thioether (sulfide) groups is 1. The molecule has 0 radical (unpaired) electrons. The summed E-state index contributed by atoms with van der Waals surface area (Å²) in [5.74, 6) is 1.01. The zero-order valence-corrected chi connectivity index (χ0v) is 16.3. The highest BCUT2D eigenvalue weighted by atomic mass is 32.2. The van der Waals surface area contributed by atoms with Gasteiger partial charge in [-0.3, -0.25) is 0 Å². The topological polar surface area (TPSA) is 55.1 Å². The third-order valence-electron chi connectivity index (χ3n) is 4.77. The standard InChI is InChI=1S/C23H20N2O2S/c1-28-15-22-24-20-8-4-5-9-21(20)25(22)14-16-10-12-17(13-11-16)18-6-2-3-7-19(18)23(26)27/h2-13H,14-15H2,1H3,(H,26,27). The minimum atomic E-state index is -0.911. The van der Waals surface area contributed by atoms with Crippen LogP contribution in [0.5, 0.6) is 0 Å². The molecule has 0 spiro atoms. The van der Waals surface area contributed by atoms with E-state index in [2.05, 4.69) is 29.0 Å². The lowest BCUT2D eigenvalue weighted by Gasteiger charge is -2.11. The number of hydrogen-bond acceptors (Lipinski definition) is 3. The number of nitrogens with zero attached hydrogens (tertiary/aromatic N) is 2. The molecule has 0 amide bonds. The molecule has 0 fully saturated rings. The normalized spacial score (nSPS) is 11.0. The Bertz CT molecular complexity index is 1130. The monoisotopic (exact) mass is 388 g/mol. The summed E-state index contributed by atoms with van der Waals surface area (Å²) in [7, 11) is 0. The van der Waals surface area contributed by atoms with Gasteiger partial charge in [0.2, 0.25) is 0 Å². The number of carbonyl (C=O) groups is 1. The van der Waals surface area contributed by atoms with Gasteiger partial charge < -0.3 is 9.67 Å². The van der Waals surface area contributed by atoms with E-state index >= 15 is 0 Å². The molecule has 3 aromatic carbocycles. The summed E-state index contributed by atoms with van der Waals surface area (Å²) in [4.78, 5) is 16.3. The Morgan fingerprint density at radius 3 is 2.46 bits per heavy atom. The molecule has 1 aromatic heterocycles. The number of para-hydroxylation sites is 2. The van der Waals surface area contributed by atoms with Gasteiger partial charge in [-0.25, -0.2) is 9.78 Å². The first-order valence-corrected chi connectivity index (χ1v) is 10.4. The fourth-order valence-electron chi connectivity index (χ4n) is 3.43. The van der Waals surface area contributed by atoms with Gasteiger partial charge in [-0.15, -0.1) is 0 Å².